The van der Waals surface area contributed by atoms with Gasteiger partial charge in [-0.15, -0.1) is 0 Å². The number of nitrogens with zero attached hydrogens (tertiary/aromatic N) is 1. The first-order valence-corrected chi connectivity index (χ1v) is 12.3. The Morgan fingerprint density at radius 2 is 1.53 bits per heavy atom. The second kappa shape index (κ2) is 10.6. The van der Waals surface area contributed by atoms with Gasteiger partial charge in [0.2, 0.25) is 15.9 Å². The molecule has 32 heavy (non-hydrogen) atoms. The molecule has 5 nitrogen and oxygen atoms in total. The Hall–Kier alpha value is -1.51. The van der Waals surface area contributed by atoms with Crippen molar-refractivity contribution in [3.63, 3.8) is 0 Å². The van der Waals surface area contributed by atoms with Gasteiger partial charge in [-0.2, -0.15) is 4.31 Å². The van der Waals surface area contributed by atoms with Crippen LogP contribution in [0, 0.1) is 0 Å². The molecule has 1 amide bonds. The van der Waals surface area contributed by atoms with Crippen molar-refractivity contribution in [3.8, 4) is 0 Å². The van der Waals surface area contributed by atoms with Gasteiger partial charge in [0.1, 0.15) is 0 Å². The van der Waals surface area contributed by atoms with Crippen LogP contribution in [0.4, 0.5) is 5.69 Å². The number of benzene rings is 3. The molecule has 0 aliphatic carbocycles. The summed E-state index contributed by atoms with van der Waals surface area (Å²) in [5, 5.41) is 3.98. The van der Waals surface area contributed by atoms with E-state index in [1.807, 2.05) is 0 Å². The molecule has 0 bridgehead atoms. The number of hydrogen-bond acceptors (Lipinski definition) is 3. The van der Waals surface area contributed by atoms with Crippen molar-refractivity contribution in [3.05, 3.63) is 91.3 Å². The molecule has 0 saturated heterocycles. The van der Waals surface area contributed by atoms with Crippen LogP contribution < -0.4 is 5.32 Å². The molecule has 0 fully saturated rings. The smallest absolute Gasteiger partial charge is 0.243 e. The van der Waals surface area contributed by atoms with Crippen LogP contribution >= 0.6 is 58.0 Å². The molecule has 0 atom stereocenters. The zero-order valence-corrected chi connectivity index (χ0v) is 20.8. The number of hydrogen-bond donors (Lipinski definition) is 1. The van der Waals surface area contributed by atoms with E-state index in [1.54, 1.807) is 36.4 Å². The molecule has 3 rings (SSSR count). The van der Waals surface area contributed by atoms with E-state index in [0.717, 1.165) is 4.31 Å². The molecule has 0 radical (unpaired) electrons. The maximum atomic E-state index is 13.3. The van der Waals surface area contributed by atoms with Gasteiger partial charge in [0.05, 0.1) is 37.2 Å². The third-order valence-electron chi connectivity index (χ3n) is 4.34. The largest absolute Gasteiger partial charge is 0.324 e. The normalized spacial score (nSPS) is 11.6. The Balaban J connectivity index is 1.92. The molecule has 1 N–H and O–H groups in total. The highest BCUT2D eigenvalue weighted by Crippen LogP contribution is 2.30. The number of halogens is 5. The molecule has 0 spiro atoms. The fraction of sp³-hybridized carbons (Fsp3) is 0.0952. The quantitative estimate of drug-likeness (QED) is 0.351. The van der Waals surface area contributed by atoms with Gasteiger partial charge in [-0.05, 0) is 54.1 Å². The van der Waals surface area contributed by atoms with E-state index in [1.165, 1.54) is 24.3 Å². The van der Waals surface area contributed by atoms with Crippen LogP contribution in [-0.4, -0.2) is 25.2 Å². The molecule has 0 saturated carbocycles. The lowest BCUT2D eigenvalue weighted by atomic mass is 10.2. The third-order valence-corrected chi connectivity index (χ3v) is 7.96. The van der Waals surface area contributed by atoms with Gasteiger partial charge in [0, 0.05) is 11.6 Å². The first-order chi connectivity index (χ1) is 15.1. The molecule has 0 heterocycles. The monoisotopic (exact) mass is 550 g/mol. The molecular formula is C21H15Cl5N2O3S. The van der Waals surface area contributed by atoms with E-state index >= 15 is 0 Å². The number of nitrogens with one attached hydrogen (secondary N) is 1. The van der Waals surface area contributed by atoms with E-state index in [-0.39, 0.29) is 32.2 Å². The van der Waals surface area contributed by atoms with E-state index < -0.39 is 22.5 Å². The van der Waals surface area contributed by atoms with E-state index in [9.17, 15) is 13.2 Å². The Morgan fingerprint density at radius 3 is 2.19 bits per heavy atom. The standard InChI is InChI=1S/C21H15Cl5N2O3S/c22-14-5-7-15(8-6-14)32(30,31)28(11-13-4-9-16(23)18(25)10-13)12-20(29)27-19-3-1-2-17(24)21(19)26/h1-10H,11-12H2,(H,27,29). The number of amides is 1. The summed E-state index contributed by atoms with van der Waals surface area (Å²) in [5.74, 6) is -0.605. The molecule has 0 aliphatic rings. The topological polar surface area (TPSA) is 66.5 Å². The van der Waals surface area contributed by atoms with Gasteiger partial charge in [-0.25, -0.2) is 8.42 Å². The molecule has 168 valence electrons. The summed E-state index contributed by atoms with van der Waals surface area (Å²) in [6.45, 7) is -0.618. The van der Waals surface area contributed by atoms with Crippen LogP contribution in [0.15, 0.2) is 65.6 Å². The Bertz CT molecular complexity index is 1250. The lowest BCUT2D eigenvalue weighted by Gasteiger charge is -2.22. The minimum absolute atomic E-state index is 0.0180. The zero-order valence-electron chi connectivity index (χ0n) is 16.2. The third kappa shape index (κ3) is 6.08. The van der Waals surface area contributed by atoms with Gasteiger partial charge in [-0.1, -0.05) is 70.1 Å². The van der Waals surface area contributed by atoms with Crippen LogP contribution in [0.5, 0.6) is 0 Å². The van der Waals surface area contributed by atoms with Crippen LogP contribution in [0.2, 0.25) is 25.1 Å². The Kier molecular flexibility index (Phi) is 8.33. The van der Waals surface area contributed by atoms with Gasteiger partial charge in [0.25, 0.3) is 0 Å². The predicted octanol–water partition coefficient (Wildman–Crippen LogP) is 6.78. The second-order valence-electron chi connectivity index (χ2n) is 6.63. The van der Waals surface area contributed by atoms with Crippen LogP contribution in [0.1, 0.15) is 5.56 Å². The summed E-state index contributed by atoms with van der Waals surface area (Å²) in [7, 11) is -4.07. The van der Waals surface area contributed by atoms with E-state index in [4.69, 9.17) is 58.0 Å². The summed E-state index contributed by atoms with van der Waals surface area (Å²) < 4.78 is 27.6. The lowest BCUT2D eigenvalue weighted by molar-refractivity contribution is -0.116. The average molecular weight is 553 g/mol. The molecule has 0 unspecified atom stereocenters. The minimum Gasteiger partial charge on any atom is -0.324 e. The summed E-state index contributed by atoms with van der Waals surface area (Å²) in [6.07, 6.45) is 0. The molecule has 3 aromatic rings. The number of anilines is 1. The number of rotatable bonds is 7. The van der Waals surface area contributed by atoms with Crippen molar-refractivity contribution in [2.45, 2.75) is 11.4 Å². The summed E-state index contributed by atoms with van der Waals surface area (Å²) in [6, 6.07) is 15.1. The summed E-state index contributed by atoms with van der Waals surface area (Å²) >= 11 is 30.0. The van der Waals surface area contributed by atoms with Crippen LogP contribution in [0.25, 0.3) is 0 Å². The Morgan fingerprint density at radius 1 is 0.844 bits per heavy atom. The van der Waals surface area contributed by atoms with Crippen molar-refractivity contribution in [2.75, 3.05) is 11.9 Å². The van der Waals surface area contributed by atoms with Gasteiger partial charge in [0.15, 0.2) is 0 Å². The fourth-order valence-electron chi connectivity index (χ4n) is 2.77. The highest BCUT2D eigenvalue weighted by Gasteiger charge is 2.27. The maximum absolute atomic E-state index is 13.3. The maximum Gasteiger partial charge on any atom is 0.243 e. The van der Waals surface area contributed by atoms with E-state index in [2.05, 4.69) is 5.32 Å². The van der Waals surface area contributed by atoms with E-state index in [0.29, 0.717) is 15.6 Å². The van der Waals surface area contributed by atoms with Crippen molar-refractivity contribution >= 4 is 79.6 Å². The molecule has 0 aliphatic heterocycles. The Labute approximate surface area is 210 Å². The zero-order chi connectivity index (χ0) is 23.5. The minimum atomic E-state index is -4.07. The van der Waals surface area contributed by atoms with Crippen molar-refractivity contribution in [1.29, 1.82) is 0 Å². The van der Waals surface area contributed by atoms with Crippen LogP contribution in [0.3, 0.4) is 0 Å². The molecular weight excluding hydrogens is 538 g/mol. The first kappa shape index (κ1) is 25.1. The second-order valence-corrected chi connectivity index (χ2v) is 10.6. The molecule has 11 heteroatoms. The summed E-state index contributed by atoms with van der Waals surface area (Å²) in [4.78, 5) is 12.7. The van der Waals surface area contributed by atoms with Crippen molar-refractivity contribution < 1.29 is 13.2 Å². The highest BCUT2D eigenvalue weighted by molar-refractivity contribution is 7.89. The number of sulfonamides is 1. The average Bonchev–Trinajstić information content (AvgIpc) is 2.74. The first-order valence-electron chi connectivity index (χ1n) is 9.01. The van der Waals surface area contributed by atoms with Gasteiger partial charge < -0.3 is 5.32 Å². The SMILES string of the molecule is O=C(CN(Cc1ccc(Cl)c(Cl)c1)S(=O)(=O)c1ccc(Cl)cc1)Nc1cccc(Cl)c1Cl. The van der Waals surface area contributed by atoms with Gasteiger partial charge >= 0.3 is 0 Å². The predicted molar refractivity (Wildman–Crippen MR) is 131 cm³/mol. The summed E-state index contributed by atoms with van der Waals surface area (Å²) in [5.41, 5.74) is 0.813. The lowest BCUT2D eigenvalue weighted by Crippen LogP contribution is -2.37. The number of carbonyl (C=O) groups is 1. The van der Waals surface area contributed by atoms with Crippen LogP contribution in [-0.2, 0) is 21.4 Å². The van der Waals surface area contributed by atoms with Gasteiger partial charge in [-0.3, -0.25) is 4.79 Å². The fourth-order valence-corrected chi connectivity index (χ4v) is 4.95. The highest BCUT2D eigenvalue weighted by atomic mass is 35.5. The molecule has 0 aromatic heterocycles. The van der Waals surface area contributed by atoms with Crippen molar-refractivity contribution in [1.82, 2.24) is 4.31 Å². The number of carbonyl (C=O) groups excluding carboxylic acids is 1. The molecule has 3 aromatic carbocycles. The van der Waals surface area contributed by atoms with Crippen molar-refractivity contribution in [2.24, 2.45) is 0 Å².